The molecule has 3 nitrogen and oxygen atoms in total. The highest BCUT2D eigenvalue weighted by atomic mass is 19.1. The van der Waals surface area contributed by atoms with Crippen molar-refractivity contribution in [3.05, 3.63) is 29.6 Å². The molecule has 0 aromatic heterocycles. The highest BCUT2D eigenvalue weighted by molar-refractivity contribution is 5.40. The summed E-state index contributed by atoms with van der Waals surface area (Å²) in [6.07, 6.45) is 3.26. The minimum Gasteiger partial charge on any atom is -0.399 e. The fraction of sp³-hybridized carbons (Fsp3) is 0.538. The molecule has 1 heterocycles. The fourth-order valence-electron chi connectivity index (χ4n) is 2.39. The first-order chi connectivity index (χ1) is 8.20. The van der Waals surface area contributed by atoms with Crippen molar-refractivity contribution in [2.45, 2.75) is 31.8 Å². The monoisotopic (exact) mass is 238 g/mol. The van der Waals surface area contributed by atoms with Crippen molar-refractivity contribution in [3.63, 3.8) is 0 Å². The van der Waals surface area contributed by atoms with Gasteiger partial charge in [-0.15, -0.1) is 0 Å². The maximum atomic E-state index is 13.7. The molecule has 17 heavy (non-hydrogen) atoms. The average molecular weight is 238 g/mol. The molecule has 1 saturated heterocycles. The van der Waals surface area contributed by atoms with Crippen LogP contribution < -0.4 is 5.73 Å². The maximum absolute atomic E-state index is 13.7. The fourth-order valence-corrected chi connectivity index (χ4v) is 2.39. The Kier molecular flexibility index (Phi) is 3.97. The first-order valence-electron chi connectivity index (χ1n) is 6.09. The van der Waals surface area contributed by atoms with E-state index in [2.05, 4.69) is 4.90 Å². The average Bonchev–Trinajstić information content (AvgIpc) is 2.33. The predicted octanol–water partition coefficient (Wildman–Crippen LogP) is 1.75. The molecule has 1 aliphatic rings. The van der Waals surface area contributed by atoms with Crippen LogP contribution in [-0.2, 0) is 6.54 Å². The Hall–Kier alpha value is -1.13. The molecule has 0 radical (unpaired) electrons. The molecule has 1 aromatic rings. The number of aliphatic hydroxyl groups excluding tert-OH is 1. The summed E-state index contributed by atoms with van der Waals surface area (Å²) in [5, 5.41) is 9.30. The molecule has 1 aromatic carbocycles. The van der Waals surface area contributed by atoms with Crippen molar-refractivity contribution in [1.82, 2.24) is 4.90 Å². The second-order valence-electron chi connectivity index (χ2n) is 4.65. The van der Waals surface area contributed by atoms with Gasteiger partial charge in [0.25, 0.3) is 0 Å². The van der Waals surface area contributed by atoms with Gasteiger partial charge in [-0.05, 0) is 31.5 Å². The molecule has 2 rings (SSSR count). The van der Waals surface area contributed by atoms with Crippen molar-refractivity contribution < 1.29 is 9.50 Å². The molecule has 0 amide bonds. The SMILES string of the molecule is Nc1ccc(CN2CCCCC2CO)c(F)c1. The van der Waals surface area contributed by atoms with Crippen LogP contribution in [0.15, 0.2) is 18.2 Å². The Morgan fingerprint density at radius 1 is 1.41 bits per heavy atom. The Morgan fingerprint density at radius 3 is 2.94 bits per heavy atom. The summed E-state index contributed by atoms with van der Waals surface area (Å²) in [6, 6.07) is 4.97. The number of aliphatic hydroxyl groups is 1. The van der Waals surface area contributed by atoms with Gasteiger partial charge in [-0.25, -0.2) is 4.39 Å². The van der Waals surface area contributed by atoms with Gasteiger partial charge in [-0.1, -0.05) is 12.5 Å². The predicted molar refractivity (Wildman–Crippen MR) is 65.9 cm³/mol. The number of hydrogen-bond acceptors (Lipinski definition) is 3. The molecule has 1 atom stereocenters. The Morgan fingerprint density at radius 2 is 2.24 bits per heavy atom. The molecule has 3 N–H and O–H groups in total. The summed E-state index contributed by atoms with van der Waals surface area (Å²) in [5.41, 5.74) is 6.62. The van der Waals surface area contributed by atoms with E-state index >= 15 is 0 Å². The Balaban J connectivity index is 2.08. The van der Waals surface area contributed by atoms with Gasteiger partial charge in [-0.3, -0.25) is 4.90 Å². The van der Waals surface area contributed by atoms with Gasteiger partial charge < -0.3 is 10.8 Å². The third-order valence-corrected chi connectivity index (χ3v) is 3.41. The lowest BCUT2D eigenvalue weighted by molar-refractivity contribution is 0.0832. The molecule has 0 bridgehead atoms. The second kappa shape index (κ2) is 5.47. The van der Waals surface area contributed by atoms with E-state index in [4.69, 9.17) is 5.73 Å². The van der Waals surface area contributed by atoms with E-state index in [9.17, 15) is 9.50 Å². The van der Waals surface area contributed by atoms with Crippen LogP contribution in [0.3, 0.4) is 0 Å². The van der Waals surface area contributed by atoms with E-state index < -0.39 is 0 Å². The minimum absolute atomic E-state index is 0.149. The normalized spacial score (nSPS) is 21.6. The third kappa shape index (κ3) is 2.96. The highest BCUT2D eigenvalue weighted by Gasteiger charge is 2.22. The number of halogens is 1. The van der Waals surface area contributed by atoms with E-state index in [-0.39, 0.29) is 18.5 Å². The number of hydrogen-bond donors (Lipinski definition) is 2. The first kappa shape index (κ1) is 12.3. The van der Waals surface area contributed by atoms with E-state index in [0.717, 1.165) is 25.8 Å². The molecule has 1 unspecified atom stereocenters. The van der Waals surface area contributed by atoms with E-state index in [1.807, 2.05) is 0 Å². The van der Waals surface area contributed by atoms with Crippen LogP contribution in [0.4, 0.5) is 10.1 Å². The van der Waals surface area contributed by atoms with Gasteiger partial charge in [0.2, 0.25) is 0 Å². The van der Waals surface area contributed by atoms with Crippen molar-refractivity contribution in [1.29, 1.82) is 0 Å². The van der Waals surface area contributed by atoms with Crippen molar-refractivity contribution >= 4 is 5.69 Å². The zero-order valence-corrected chi connectivity index (χ0v) is 9.90. The molecule has 94 valence electrons. The largest absolute Gasteiger partial charge is 0.399 e. The Labute approximate surface area is 101 Å². The first-order valence-corrected chi connectivity index (χ1v) is 6.09. The number of rotatable bonds is 3. The molecule has 1 fully saturated rings. The van der Waals surface area contributed by atoms with Crippen LogP contribution in [-0.4, -0.2) is 29.2 Å². The van der Waals surface area contributed by atoms with Crippen molar-refractivity contribution in [2.75, 3.05) is 18.9 Å². The summed E-state index contributed by atoms with van der Waals surface area (Å²) < 4.78 is 13.7. The summed E-state index contributed by atoms with van der Waals surface area (Å²) >= 11 is 0. The summed E-state index contributed by atoms with van der Waals surface area (Å²) in [6.45, 7) is 1.63. The van der Waals surface area contributed by atoms with Gasteiger partial charge in [-0.2, -0.15) is 0 Å². The second-order valence-corrected chi connectivity index (χ2v) is 4.65. The molecule has 4 heteroatoms. The van der Waals surface area contributed by atoms with Gasteiger partial charge in [0.05, 0.1) is 6.61 Å². The van der Waals surface area contributed by atoms with Crippen LogP contribution in [0.25, 0.3) is 0 Å². The number of nitrogens with two attached hydrogens (primary N) is 1. The summed E-state index contributed by atoms with van der Waals surface area (Å²) in [7, 11) is 0. The minimum atomic E-state index is -0.257. The van der Waals surface area contributed by atoms with E-state index in [1.165, 1.54) is 6.07 Å². The van der Waals surface area contributed by atoms with Crippen LogP contribution in [0, 0.1) is 5.82 Å². The number of nitrogens with zero attached hydrogens (tertiary/aromatic N) is 1. The molecular weight excluding hydrogens is 219 g/mol. The smallest absolute Gasteiger partial charge is 0.129 e. The maximum Gasteiger partial charge on any atom is 0.129 e. The summed E-state index contributed by atoms with van der Waals surface area (Å²) in [4.78, 5) is 2.15. The number of nitrogen functional groups attached to an aromatic ring is 1. The Bertz CT molecular complexity index is 384. The van der Waals surface area contributed by atoms with Crippen LogP contribution in [0.2, 0.25) is 0 Å². The molecule has 0 spiro atoms. The van der Waals surface area contributed by atoms with Gasteiger partial charge >= 0.3 is 0 Å². The van der Waals surface area contributed by atoms with E-state index in [1.54, 1.807) is 12.1 Å². The van der Waals surface area contributed by atoms with Gasteiger partial charge in [0, 0.05) is 23.8 Å². The zero-order chi connectivity index (χ0) is 12.3. The van der Waals surface area contributed by atoms with Gasteiger partial charge in [0.1, 0.15) is 5.82 Å². The number of piperidine rings is 1. The third-order valence-electron chi connectivity index (χ3n) is 3.41. The standard InChI is InChI=1S/C13H19FN2O/c14-13-7-11(15)5-4-10(13)8-16-6-2-1-3-12(16)9-17/h4-5,7,12,17H,1-3,6,8-9,15H2. The quantitative estimate of drug-likeness (QED) is 0.789. The van der Waals surface area contributed by atoms with Crippen molar-refractivity contribution in [3.8, 4) is 0 Å². The number of benzene rings is 1. The number of likely N-dealkylation sites (tertiary alicyclic amines) is 1. The lowest BCUT2D eigenvalue weighted by Gasteiger charge is -2.34. The lowest BCUT2D eigenvalue weighted by Crippen LogP contribution is -2.41. The molecule has 0 aliphatic carbocycles. The highest BCUT2D eigenvalue weighted by Crippen LogP contribution is 2.21. The van der Waals surface area contributed by atoms with Gasteiger partial charge in [0.15, 0.2) is 0 Å². The summed E-state index contributed by atoms with van der Waals surface area (Å²) in [5.74, 6) is -0.257. The molecule has 0 saturated carbocycles. The van der Waals surface area contributed by atoms with Crippen LogP contribution in [0.5, 0.6) is 0 Å². The van der Waals surface area contributed by atoms with Crippen molar-refractivity contribution in [2.24, 2.45) is 0 Å². The zero-order valence-electron chi connectivity index (χ0n) is 9.90. The van der Waals surface area contributed by atoms with Crippen LogP contribution >= 0.6 is 0 Å². The number of anilines is 1. The van der Waals surface area contributed by atoms with Crippen LogP contribution in [0.1, 0.15) is 24.8 Å². The molecular formula is C13H19FN2O. The molecule has 1 aliphatic heterocycles. The lowest BCUT2D eigenvalue weighted by atomic mass is 10.0. The van der Waals surface area contributed by atoms with E-state index in [0.29, 0.717) is 17.8 Å². The topological polar surface area (TPSA) is 49.5 Å².